The van der Waals surface area contributed by atoms with Crippen molar-refractivity contribution in [3.63, 3.8) is 0 Å². The maximum Gasteiger partial charge on any atom is 0.412 e. The first-order valence-electron chi connectivity index (χ1n) is 8.71. The molecule has 2 rings (SSSR count). The predicted molar refractivity (Wildman–Crippen MR) is 103 cm³/mol. The number of halogens is 1. The highest BCUT2D eigenvalue weighted by atomic mass is 32.2. The van der Waals surface area contributed by atoms with E-state index in [1.807, 2.05) is 6.07 Å². The molecule has 0 fully saturated rings. The number of aryl methyl sites for hydroxylation is 1. The highest BCUT2D eigenvalue weighted by molar-refractivity contribution is 7.91. The molecule has 0 saturated heterocycles. The molecule has 1 unspecified atom stereocenters. The Balaban J connectivity index is 1.75. The normalized spacial score (nSPS) is 12.0. The topological polar surface area (TPSA) is 96.3 Å². The predicted octanol–water partition coefficient (Wildman–Crippen LogP) is 3.22. The van der Waals surface area contributed by atoms with E-state index in [9.17, 15) is 17.6 Å². The summed E-state index contributed by atoms with van der Waals surface area (Å²) in [5.41, 5.74) is 1.37. The monoisotopic (exact) mass is 404 g/mol. The number of hydrogen-bond donors (Lipinski definition) is 1. The zero-order valence-electron chi connectivity index (χ0n) is 15.4. The summed E-state index contributed by atoms with van der Waals surface area (Å²) in [7, 11) is -3.29. The summed E-state index contributed by atoms with van der Waals surface area (Å²) in [4.78, 5) is 11.8. The molecule has 0 radical (unpaired) electrons. The smallest absolute Gasteiger partial charge is 0.410 e. The van der Waals surface area contributed by atoms with Crippen molar-refractivity contribution in [2.45, 2.75) is 25.8 Å². The molecular weight excluding hydrogens is 383 g/mol. The van der Waals surface area contributed by atoms with Gasteiger partial charge in [0.2, 0.25) is 0 Å². The van der Waals surface area contributed by atoms with Crippen LogP contribution in [0.25, 0.3) is 0 Å². The van der Waals surface area contributed by atoms with Crippen molar-refractivity contribution < 1.29 is 22.3 Å². The van der Waals surface area contributed by atoms with E-state index in [-0.39, 0.29) is 23.7 Å². The minimum atomic E-state index is -3.29. The summed E-state index contributed by atoms with van der Waals surface area (Å²) in [6.07, 6.45) is -0.120. The molecule has 8 heteroatoms. The number of nitrogens with zero attached hydrogens (tertiary/aromatic N) is 1. The van der Waals surface area contributed by atoms with E-state index in [4.69, 9.17) is 10.00 Å². The van der Waals surface area contributed by atoms with Crippen molar-refractivity contribution in [3.05, 3.63) is 65.5 Å². The lowest BCUT2D eigenvalue weighted by atomic mass is 10.1. The number of benzene rings is 2. The van der Waals surface area contributed by atoms with Gasteiger partial charge in [0, 0.05) is 6.04 Å². The van der Waals surface area contributed by atoms with Crippen LogP contribution in [0.4, 0.5) is 9.18 Å². The Labute approximate surface area is 163 Å². The van der Waals surface area contributed by atoms with Crippen LogP contribution in [0.2, 0.25) is 0 Å². The third-order valence-electron chi connectivity index (χ3n) is 4.04. The Morgan fingerprint density at radius 3 is 2.39 bits per heavy atom. The molecule has 0 aliphatic heterocycles. The number of amides is 1. The Bertz CT molecular complexity index is 936. The number of sulfone groups is 1. The molecule has 2 aromatic carbocycles. The van der Waals surface area contributed by atoms with Gasteiger partial charge in [-0.1, -0.05) is 12.1 Å². The first-order chi connectivity index (χ1) is 13.3. The molecule has 0 aromatic heterocycles. The van der Waals surface area contributed by atoms with Gasteiger partial charge >= 0.3 is 6.09 Å². The van der Waals surface area contributed by atoms with E-state index in [0.717, 1.165) is 5.56 Å². The van der Waals surface area contributed by atoms with Gasteiger partial charge in [0.05, 0.1) is 23.1 Å². The van der Waals surface area contributed by atoms with Crippen LogP contribution in [0.3, 0.4) is 0 Å². The average Bonchev–Trinajstić information content (AvgIpc) is 2.67. The first kappa shape index (κ1) is 21.4. The summed E-state index contributed by atoms with van der Waals surface area (Å²) in [6.45, 7) is 1.68. The van der Waals surface area contributed by atoms with Crippen molar-refractivity contribution in [3.8, 4) is 11.8 Å². The molecule has 6 nitrogen and oxygen atoms in total. The van der Waals surface area contributed by atoms with E-state index in [2.05, 4.69) is 5.32 Å². The van der Waals surface area contributed by atoms with E-state index >= 15 is 0 Å². The summed E-state index contributed by atoms with van der Waals surface area (Å²) in [5.74, 6) is -0.319. The number of ether oxygens (including phenoxy) is 1. The zero-order chi connectivity index (χ0) is 20.6. The third-order valence-corrected chi connectivity index (χ3v) is 5.72. The molecule has 2 aromatic rings. The lowest BCUT2D eigenvalue weighted by Gasteiger charge is -2.14. The van der Waals surface area contributed by atoms with Gasteiger partial charge in [0.1, 0.15) is 11.6 Å². The van der Waals surface area contributed by atoms with Gasteiger partial charge in [0.25, 0.3) is 0 Å². The van der Waals surface area contributed by atoms with Crippen LogP contribution in [-0.2, 0) is 16.3 Å². The fourth-order valence-corrected chi connectivity index (χ4v) is 3.85. The number of nitriles is 1. The lowest BCUT2D eigenvalue weighted by molar-refractivity contribution is 0.196. The van der Waals surface area contributed by atoms with Crippen LogP contribution in [0.15, 0.2) is 48.5 Å². The Morgan fingerprint density at radius 1 is 1.14 bits per heavy atom. The van der Waals surface area contributed by atoms with Crippen LogP contribution in [0, 0.1) is 17.1 Å². The SMILES string of the molecule is CC(CCS(=O)(=O)CCc1ccc(C#N)cc1)NC(=O)Oc1ccc(F)cc1. The van der Waals surface area contributed by atoms with Crippen LogP contribution in [0.1, 0.15) is 24.5 Å². The van der Waals surface area contributed by atoms with E-state index in [1.165, 1.54) is 24.3 Å². The van der Waals surface area contributed by atoms with E-state index < -0.39 is 27.8 Å². The number of carbonyl (C=O) groups excluding carboxylic acids is 1. The zero-order valence-corrected chi connectivity index (χ0v) is 16.2. The average molecular weight is 404 g/mol. The second-order valence-corrected chi connectivity index (χ2v) is 8.69. The van der Waals surface area contributed by atoms with Crippen LogP contribution in [-0.4, -0.2) is 32.1 Å². The molecule has 0 spiro atoms. The molecule has 0 saturated carbocycles. The minimum Gasteiger partial charge on any atom is -0.410 e. The largest absolute Gasteiger partial charge is 0.412 e. The van der Waals surface area contributed by atoms with Gasteiger partial charge in [-0.2, -0.15) is 5.26 Å². The molecule has 0 heterocycles. The van der Waals surface area contributed by atoms with Gasteiger partial charge in [-0.15, -0.1) is 0 Å². The Morgan fingerprint density at radius 2 is 1.79 bits per heavy atom. The molecule has 0 aliphatic carbocycles. The molecule has 0 bridgehead atoms. The van der Waals surface area contributed by atoms with Gasteiger partial charge < -0.3 is 10.1 Å². The van der Waals surface area contributed by atoms with Crippen molar-refractivity contribution in [2.24, 2.45) is 0 Å². The van der Waals surface area contributed by atoms with E-state index in [1.54, 1.807) is 31.2 Å². The van der Waals surface area contributed by atoms with Gasteiger partial charge in [-0.3, -0.25) is 0 Å². The van der Waals surface area contributed by atoms with Crippen molar-refractivity contribution in [2.75, 3.05) is 11.5 Å². The quantitative estimate of drug-likeness (QED) is 0.729. The molecule has 1 amide bonds. The highest BCUT2D eigenvalue weighted by Crippen LogP contribution is 2.11. The molecule has 148 valence electrons. The lowest BCUT2D eigenvalue weighted by Crippen LogP contribution is -2.36. The summed E-state index contributed by atoms with van der Waals surface area (Å²) in [5, 5.41) is 11.3. The maximum atomic E-state index is 12.8. The first-order valence-corrected chi connectivity index (χ1v) is 10.5. The summed E-state index contributed by atoms with van der Waals surface area (Å²) >= 11 is 0. The van der Waals surface area contributed by atoms with E-state index in [0.29, 0.717) is 12.0 Å². The molecule has 0 aliphatic rings. The number of nitrogens with one attached hydrogen (secondary N) is 1. The standard InChI is InChI=1S/C20H21FN2O4S/c1-15(23-20(24)27-19-8-6-18(21)7-9-19)10-12-28(25,26)13-11-16-2-4-17(14-22)5-3-16/h2-9,15H,10-13H2,1H3,(H,23,24). The Hall–Kier alpha value is -2.92. The van der Waals surface area contributed by atoms with Gasteiger partial charge in [-0.25, -0.2) is 17.6 Å². The second kappa shape index (κ2) is 9.85. The number of rotatable bonds is 8. The fourth-order valence-electron chi connectivity index (χ4n) is 2.39. The fraction of sp³-hybridized carbons (Fsp3) is 0.300. The summed E-state index contributed by atoms with van der Waals surface area (Å²) < 4.78 is 42.2. The molecular formula is C20H21FN2O4S. The van der Waals surface area contributed by atoms with Crippen LogP contribution in [0.5, 0.6) is 5.75 Å². The van der Waals surface area contributed by atoms with Gasteiger partial charge in [0.15, 0.2) is 9.84 Å². The molecule has 28 heavy (non-hydrogen) atoms. The van der Waals surface area contributed by atoms with Crippen molar-refractivity contribution in [1.29, 1.82) is 5.26 Å². The van der Waals surface area contributed by atoms with Crippen molar-refractivity contribution in [1.82, 2.24) is 5.32 Å². The molecule has 1 atom stereocenters. The van der Waals surface area contributed by atoms with Crippen LogP contribution < -0.4 is 10.1 Å². The molecule has 1 N–H and O–H groups in total. The minimum absolute atomic E-state index is 0.00829. The van der Waals surface area contributed by atoms with Crippen molar-refractivity contribution >= 4 is 15.9 Å². The maximum absolute atomic E-state index is 12.8. The summed E-state index contributed by atoms with van der Waals surface area (Å²) in [6, 6.07) is 13.4. The number of hydrogen-bond acceptors (Lipinski definition) is 5. The van der Waals surface area contributed by atoms with Gasteiger partial charge in [-0.05, 0) is 61.7 Å². The number of carbonyl (C=O) groups is 1. The highest BCUT2D eigenvalue weighted by Gasteiger charge is 2.16. The Kier molecular flexibility index (Phi) is 7.52. The second-order valence-electron chi connectivity index (χ2n) is 6.39. The van der Waals surface area contributed by atoms with Crippen LogP contribution >= 0.6 is 0 Å². The third kappa shape index (κ3) is 7.37.